The van der Waals surface area contributed by atoms with Gasteiger partial charge in [-0.25, -0.2) is 0 Å². The number of carbonyl (C=O) groups excluding carboxylic acids is 1. The highest BCUT2D eigenvalue weighted by Gasteiger charge is 2.16. The first-order valence-electron chi connectivity index (χ1n) is 1.09. The SMILES string of the molecule is O=[13CH][13C](Cl)(Cl)Cl. The first-order valence-corrected chi connectivity index (χ1v) is 2.23. The van der Waals surface area contributed by atoms with Gasteiger partial charge in [-0.2, -0.15) is 0 Å². The first kappa shape index (κ1) is 6.54. The summed E-state index contributed by atoms with van der Waals surface area (Å²) in [6.07, 6.45) is 0.234. The maximum atomic E-state index is 9.43. The molecule has 0 radical (unpaired) electrons. The Kier molecular flexibility index (Phi) is 2.19. The number of carbonyl (C=O) groups is 1. The Bertz CT molecular complexity index is 54.3. The van der Waals surface area contributed by atoms with E-state index in [-0.39, 0.29) is 6.29 Å². The van der Waals surface area contributed by atoms with Crippen LogP contribution in [0.15, 0.2) is 0 Å². The monoisotopic (exact) mass is 148 g/mol. The van der Waals surface area contributed by atoms with Gasteiger partial charge in [0.15, 0.2) is 6.29 Å². The number of aldehydes is 1. The third-order valence-electron chi connectivity index (χ3n) is 0.134. The van der Waals surface area contributed by atoms with Crippen molar-refractivity contribution in [2.75, 3.05) is 0 Å². The molecule has 6 heavy (non-hydrogen) atoms. The Balaban J connectivity index is 3.45. The van der Waals surface area contributed by atoms with Crippen LogP contribution in [-0.2, 0) is 4.79 Å². The molecule has 0 unspecified atom stereocenters. The lowest BCUT2D eigenvalue weighted by atomic mass is 11.9. The molecule has 0 bridgehead atoms. The summed E-state index contributed by atoms with van der Waals surface area (Å²) in [5, 5.41) is 0. The van der Waals surface area contributed by atoms with E-state index in [0.29, 0.717) is 0 Å². The molecule has 0 aromatic carbocycles. The van der Waals surface area contributed by atoms with Crippen LogP contribution in [0, 0.1) is 0 Å². The zero-order valence-corrected chi connectivity index (χ0v) is 4.89. The maximum Gasteiger partial charge on any atom is 0.245 e. The van der Waals surface area contributed by atoms with Gasteiger partial charge < -0.3 is 0 Å². The lowest BCUT2D eigenvalue weighted by Crippen LogP contribution is -2.00. The molecule has 0 aromatic rings. The molecule has 0 N–H and O–H groups in total. The van der Waals surface area contributed by atoms with E-state index in [0.717, 1.165) is 0 Å². The van der Waals surface area contributed by atoms with Gasteiger partial charge in [-0.1, -0.05) is 34.8 Å². The van der Waals surface area contributed by atoms with Crippen LogP contribution < -0.4 is 0 Å². The highest BCUT2D eigenvalue weighted by Crippen LogP contribution is 2.21. The second-order valence-electron chi connectivity index (χ2n) is 0.659. The third-order valence-corrected chi connectivity index (χ3v) is 0.401. The largest absolute Gasteiger partial charge is 0.299 e. The minimum atomic E-state index is -1.72. The van der Waals surface area contributed by atoms with E-state index in [9.17, 15) is 4.79 Å². The quantitative estimate of drug-likeness (QED) is 0.290. The molecule has 0 aliphatic heterocycles. The van der Waals surface area contributed by atoms with Crippen molar-refractivity contribution in [3.8, 4) is 0 Å². The fraction of sp³-hybridized carbons (Fsp3) is 0.500. The second kappa shape index (κ2) is 2.01. The van der Waals surface area contributed by atoms with Gasteiger partial charge in [0, 0.05) is 0 Å². The molecule has 0 fully saturated rings. The van der Waals surface area contributed by atoms with Crippen molar-refractivity contribution in [1.82, 2.24) is 0 Å². The second-order valence-corrected chi connectivity index (χ2v) is 3.03. The summed E-state index contributed by atoms with van der Waals surface area (Å²) in [6, 6.07) is 0. The molecular weight excluding hydrogens is 148 g/mol. The summed E-state index contributed by atoms with van der Waals surface area (Å²) in [7, 11) is 0. The number of hydrogen-bond acceptors (Lipinski definition) is 1. The van der Waals surface area contributed by atoms with Gasteiger partial charge in [-0.3, -0.25) is 4.79 Å². The molecule has 0 heterocycles. The number of hydrogen-bond donors (Lipinski definition) is 0. The average Bonchev–Trinajstić information content (AvgIpc) is 1.35. The fourth-order valence-electron chi connectivity index (χ4n) is 0. The van der Waals surface area contributed by atoms with Crippen LogP contribution in [-0.4, -0.2) is 10.1 Å². The van der Waals surface area contributed by atoms with E-state index < -0.39 is 3.79 Å². The van der Waals surface area contributed by atoms with Crippen LogP contribution in [0.4, 0.5) is 0 Å². The van der Waals surface area contributed by atoms with Crippen LogP contribution in [0.1, 0.15) is 0 Å². The zero-order chi connectivity index (χ0) is 5.21. The van der Waals surface area contributed by atoms with Crippen molar-refractivity contribution in [3.05, 3.63) is 0 Å². The van der Waals surface area contributed by atoms with Gasteiger partial charge in [0.2, 0.25) is 3.79 Å². The van der Waals surface area contributed by atoms with Crippen LogP contribution in [0.25, 0.3) is 0 Å². The predicted octanol–water partition coefficient (Wildman–Crippen LogP) is 1.56. The molecule has 0 aliphatic carbocycles. The van der Waals surface area contributed by atoms with Crippen molar-refractivity contribution in [1.29, 1.82) is 0 Å². The van der Waals surface area contributed by atoms with E-state index in [4.69, 9.17) is 34.8 Å². The highest BCUT2D eigenvalue weighted by molar-refractivity contribution is 6.74. The molecular formula is C2HCl3O. The Hall–Kier alpha value is 0.540. The van der Waals surface area contributed by atoms with E-state index in [1.165, 1.54) is 0 Å². The average molecular weight is 149 g/mol. The Morgan fingerprint density at radius 2 is 1.50 bits per heavy atom. The molecule has 36 valence electrons. The van der Waals surface area contributed by atoms with Crippen molar-refractivity contribution >= 4 is 41.1 Å². The summed E-state index contributed by atoms with van der Waals surface area (Å²) >= 11 is 14.6. The summed E-state index contributed by atoms with van der Waals surface area (Å²) in [6.45, 7) is 0. The summed E-state index contributed by atoms with van der Waals surface area (Å²) in [5.41, 5.74) is 0. The van der Waals surface area contributed by atoms with Crippen LogP contribution >= 0.6 is 34.8 Å². The normalized spacial score (nSPS) is 11.2. The van der Waals surface area contributed by atoms with Gasteiger partial charge in [0.25, 0.3) is 0 Å². The molecule has 0 aromatic heterocycles. The Morgan fingerprint density at radius 1 is 1.33 bits per heavy atom. The van der Waals surface area contributed by atoms with Crippen LogP contribution in [0.2, 0.25) is 0 Å². The topological polar surface area (TPSA) is 17.1 Å². The van der Waals surface area contributed by atoms with E-state index in [1.54, 1.807) is 0 Å². The van der Waals surface area contributed by atoms with Gasteiger partial charge in [0.1, 0.15) is 0 Å². The highest BCUT2D eigenvalue weighted by atomic mass is 35.6. The molecule has 0 saturated carbocycles. The lowest BCUT2D eigenvalue weighted by molar-refractivity contribution is -0.107. The minimum absolute atomic E-state index is 0.234. The first-order chi connectivity index (χ1) is 2.56. The Morgan fingerprint density at radius 3 is 1.50 bits per heavy atom. The van der Waals surface area contributed by atoms with Gasteiger partial charge in [0.05, 0.1) is 0 Å². The van der Waals surface area contributed by atoms with Crippen molar-refractivity contribution in [2.45, 2.75) is 3.79 Å². The van der Waals surface area contributed by atoms with Crippen molar-refractivity contribution in [3.63, 3.8) is 0 Å². The maximum absolute atomic E-state index is 9.43. The van der Waals surface area contributed by atoms with Gasteiger partial charge >= 0.3 is 0 Å². The Labute approximate surface area is 50.2 Å². The predicted molar refractivity (Wildman–Crippen MR) is 26.4 cm³/mol. The summed E-state index contributed by atoms with van der Waals surface area (Å²) < 4.78 is -1.72. The van der Waals surface area contributed by atoms with Crippen LogP contribution in [0.5, 0.6) is 0 Å². The molecule has 0 atom stereocenters. The van der Waals surface area contributed by atoms with E-state index in [2.05, 4.69) is 0 Å². The lowest BCUT2D eigenvalue weighted by Gasteiger charge is -1.93. The standard InChI is InChI=1S/C2HCl3O/c3-2(4,5)1-6/h1H/i1+1,2+1. The number of halogens is 3. The van der Waals surface area contributed by atoms with Gasteiger partial charge in [-0.15, -0.1) is 0 Å². The van der Waals surface area contributed by atoms with Crippen LogP contribution in [0.3, 0.4) is 0 Å². The van der Waals surface area contributed by atoms with Crippen molar-refractivity contribution in [2.24, 2.45) is 0 Å². The number of rotatable bonds is 0. The van der Waals surface area contributed by atoms with E-state index in [1.807, 2.05) is 0 Å². The molecule has 0 spiro atoms. The minimum Gasteiger partial charge on any atom is -0.299 e. The molecule has 0 rings (SSSR count). The zero-order valence-electron chi connectivity index (χ0n) is 2.62. The van der Waals surface area contributed by atoms with Gasteiger partial charge in [-0.05, 0) is 0 Å². The molecule has 4 heteroatoms. The molecule has 0 saturated heterocycles. The van der Waals surface area contributed by atoms with E-state index >= 15 is 0 Å². The fourth-order valence-corrected chi connectivity index (χ4v) is 0. The number of alkyl halides is 3. The summed E-state index contributed by atoms with van der Waals surface area (Å²) in [4.78, 5) is 9.43. The molecule has 0 aliphatic rings. The smallest absolute Gasteiger partial charge is 0.245 e. The van der Waals surface area contributed by atoms with Crippen molar-refractivity contribution < 1.29 is 4.79 Å². The molecule has 1 nitrogen and oxygen atoms in total. The third kappa shape index (κ3) is 4.54. The molecule has 0 amide bonds. The summed E-state index contributed by atoms with van der Waals surface area (Å²) in [5.74, 6) is 0.